The molecule has 1 heterocycles. The summed E-state index contributed by atoms with van der Waals surface area (Å²) in [6.07, 6.45) is 0. The topological polar surface area (TPSA) is 25.2 Å². The molecule has 6 heteroatoms. The van der Waals surface area contributed by atoms with E-state index in [1.807, 2.05) is 6.07 Å². The van der Waals surface area contributed by atoms with Crippen LogP contribution in [-0.4, -0.2) is 0 Å². The molecule has 0 aliphatic heterocycles. The Balaban J connectivity index is 1.68. The quantitative estimate of drug-likeness (QED) is 0.465. The highest BCUT2D eigenvalue weighted by molar-refractivity contribution is 6.31. The minimum atomic E-state index is -0.943. The zero-order valence-corrected chi connectivity index (χ0v) is 13.5. The van der Waals surface area contributed by atoms with Crippen molar-refractivity contribution in [2.45, 2.75) is 6.54 Å². The standard InChI is InChI=1S/C19H11ClF3NO/c20-10-1-3-18-13(5-10)14-8-12(2-4-19(14)25-18)24-9-15-16(22)6-11(21)7-17(15)23/h1-8,24H,9H2. The van der Waals surface area contributed by atoms with Crippen molar-refractivity contribution in [2.75, 3.05) is 5.32 Å². The molecule has 1 N–H and O–H groups in total. The third-order valence-electron chi connectivity index (χ3n) is 4.01. The molecule has 3 aromatic carbocycles. The van der Waals surface area contributed by atoms with Crippen LogP contribution in [0, 0.1) is 17.5 Å². The predicted octanol–water partition coefficient (Wildman–Crippen LogP) is 6.27. The first kappa shape index (κ1) is 15.8. The van der Waals surface area contributed by atoms with E-state index < -0.39 is 17.5 Å². The zero-order chi connectivity index (χ0) is 17.6. The van der Waals surface area contributed by atoms with Gasteiger partial charge in [-0.2, -0.15) is 0 Å². The van der Waals surface area contributed by atoms with Crippen LogP contribution in [0.1, 0.15) is 5.56 Å². The van der Waals surface area contributed by atoms with Crippen LogP contribution in [0.25, 0.3) is 21.9 Å². The Labute approximate surface area is 145 Å². The third kappa shape index (κ3) is 2.91. The van der Waals surface area contributed by atoms with Gasteiger partial charge in [0, 0.05) is 45.7 Å². The van der Waals surface area contributed by atoms with E-state index in [0.29, 0.717) is 34.0 Å². The minimum absolute atomic E-state index is 0.111. The second-order valence-corrected chi connectivity index (χ2v) is 6.09. The molecule has 0 saturated heterocycles. The van der Waals surface area contributed by atoms with E-state index in [-0.39, 0.29) is 12.1 Å². The summed E-state index contributed by atoms with van der Waals surface area (Å²) in [5, 5.41) is 5.22. The van der Waals surface area contributed by atoms with Crippen molar-refractivity contribution in [3.05, 3.63) is 76.6 Å². The predicted molar refractivity (Wildman–Crippen MR) is 92.4 cm³/mol. The van der Waals surface area contributed by atoms with Crippen molar-refractivity contribution in [2.24, 2.45) is 0 Å². The van der Waals surface area contributed by atoms with Gasteiger partial charge in [0.25, 0.3) is 0 Å². The summed E-state index contributed by atoms with van der Waals surface area (Å²) in [5.74, 6) is -2.79. The Hall–Kier alpha value is -2.66. The van der Waals surface area contributed by atoms with Gasteiger partial charge in [0.2, 0.25) is 0 Å². The van der Waals surface area contributed by atoms with Gasteiger partial charge in [-0.1, -0.05) is 11.6 Å². The van der Waals surface area contributed by atoms with E-state index >= 15 is 0 Å². The van der Waals surface area contributed by atoms with Gasteiger partial charge in [-0.25, -0.2) is 13.2 Å². The number of rotatable bonds is 3. The van der Waals surface area contributed by atoms with Gasteiger partial charge < -0.3 is 9.73 Å². The van der Waals surface area contributed by atoms with Gasteiger partial charge in [-0.05, 0) is 36.4 Å². The van der Waals surface area contributed by atoms with Crippen LogP contribution in [-0.2, 0) is 6.54 Å². The molecule has 0 atom stereocenters. The summed E-state index contributed by atoms with van der Waals surface area (Å²) in [6.45, 7) is -0.111. The highest BCUT2D eigenvalue weighted by atomic mass is 35.5. The monoisotopic (exact) mass is 361 g/mol. The maximum Gasteiger partial charge on any atom is 0.135 e. The summed E-state index contributed by atoms with van der Waals surface area (Å²) in [4.78, 5) is 0. The van der Waals surface area contributed by atoms with Crippen molar-refractivity contribution in [3.8, 4) is 0 Å². The first-order chi connectivity index (χ1) is 12.0. The molecule has 4 aromatic rings. The summed E-state index contributed by atoms with van der Waals surface area (Å²) in [5.41, 5.74) is 1.81. The molecular weight excluding hydrogens is 351 g/mol. The molecule has 1 aromatic heterocycles. The number of nitrogens with one attached hydrogen (secondary N) is 1. The molecule has 0 bridgehead atoms. The smallest absolute Gasteiger partial charge is 0.135 e. The van der Waals surface area contributed by atoms with Crippen molar-refractivity contribution >= 4 is 39.2 Å². The molecule has 0 radical (unpaired) electrons. The second kappa shape index (κ2) is 6.01. The lowest BCUT2D eigenvalue weighted by Gasteiger charge is -2.09. The van der Waals surface area contributed by atoms with Crippen LogP contribution in [0.5, 0.6) is 0 Å². The fourth-order valence-corrected chi connectivity index (χ4v) is 2.96. The number of hydrogen-bond donors (Lipinski definition) is 1. The molecule has 0 aliphatic rings. The highest BCUT2D eigenvalue weighted by Gasteiger charge is 2.12. The Morgan fingerprint density at radius 3 is 2.20 bits per heavy atom. The molecule has 126 valence electrons. The molecule has 0 amide bonds. The van der Waals surface area contributed by atoms with E-state index in [0.717, 1.165) is 10.8 Å². The lowest BCUT2D eigenvalue weighted by atomic mass is 10.1. The molecule has 0 aliphatic carbocycles. The lowest BCUT2D eigenvalue weighted by molar-refractivity contribution is 0.527. The Bertz CT molecular complexity index is 1080. The van der Waals surface area contributed by atoms with Gasteiger partial charge >= 0.3 is 0 Å². The van der Waals surface area contributed by atoms with E-state index in [9.17, 15) is 13.2 Å². The minimum Gasteiger partial charge on any atom is -0.456 e. The van der Waals surface area contributed by atoms with Gasteiger partial charge in [0.1, 0.15) is 28.6 Å². The van der Waals surface area contributed by atoms with Crippen LogP contribution in [0.4, 0.5) is 18.9 Å². The summed E-state index contributed by atoms with van der Waals surface area (Å²) < 4.78 is 46.1. The van der Waals surface area contributed by atoms with E-state index in [1.54, 1.807) is 30.3 Å². The summed E-state index contributed by atoms with van der Waals surface area (Å²) in [7, 11) is 0. The van der Waals surface area contributed by atoms with Gasteiger partial charge in [-0.3, -0.25) is 0 Å². The third-order valence-corrected chi connectivity index (χ3v) is 4.24. The van der Waals surface area contributed by atoms with Crippen molar-refractivity contribution < 1.29 is 17.6 Å². The van der Waals surface area contributed by atoms with E-state index in [4.69, 9.17) is 16.0 Å². The molecule has 4 rings (SSSR count). The molecule has 0 unspecified atom stereocenters. The fraction of sp³-hybridized carbons (Fsp3) is 0.0526. The Morgan fingerprint density at radius 2 is 1.48 bits per heavy atom. The zero-order valence-electron chi connectivity index (χ0n) is 12.7. The normalized spacial score (nSPS) is 11.4. The number of halogens is 4. The Kier molecular flexibility index (Phi) is 3.81. The number of hydrogen-bond acceptors (Lipinski definition) is 2. The van der Waals surface area contributed by atoms with E-state index in [2.05, 4.69) is 5.32 Å². The summed E-state index contributed by atoms with van der Waals surface area (Å²) >= 11 is 6.03. The second-order valence-electron chi connectivity index (χ2n) is 5.66. The van der Waals surface area contributed by atoms with Gasteiger partial charge in [0.05, 0.1) is 0 Å². The molecular formula is C19H11ClF3NO. The largest absolute Gasteiger partial charge is 0.456 e. The van der Waals surface area contributed by atoms with Crippen LogP contribution in [0.15, 0.2) is 52.9 Å². The van der Waals surface area contributed by atoms with Gasteiger partial charge in [-0.15, -0.1) is 0 Å². The number of fused-ring (bicyclic) bond motifs is 3. The maximum atomic E-state index is 13.7. The van der Waals surface area contributed by atoms with E-state index in [1.165, 1.54) is 0 Å². The van der Waals surface area contributed by atoms with Gasteiger partial charge in [0.15, 0.2) is 0 Å². The average molecular weight is 362 g/mol. The summed E-state index contributed by atoms with van der Waals surface area (Å²) in [6, 6.07) is 12.0. The first-order valence-corrected chi connectivity index (χ1v) is 7.88. The van der Waals surface area contributed by atoms with Crippen molar-refractivity contribution in [1.82, 2.24) is 0 Å². The number of anilines is 1. The van der Waals surface area contributed by atoms with Crippen molar-refractivity contribution in [1.29, 1.82) is 0 Å². The van der Waals surface area contributed by atoms with Crippen LogP contribution in [0.3, 0.4) is 0 Å². The number of furan rings is 1. The molecule has 0 fully saturated rings. The van der Waals surface area contributed by atoms with Crippen LogP contribution >= 0.6 is 11.6 Å². The first-order valence-electron chi connectivity index (χ1n) is 7.50. The molecule has 0 saturated carbocycles. The number of benzene rings is 3. The maximum absolute atomic E-state index is 13.7. The molecule has 0 spiro atoms. The van der Waals surface area contributed by atoms with Crippen LogP contribution < -0.4 is 5.32 Å². The average Bonchev–Trinajstić information content (AvgIpc) is 2.91. The molecule has 2 nitrogen and oxygen atoms in total. The Morgan fingerprint density at radius 1 is 0.840 bits per heavy atom. The highest BCUT2D eigenvalue weighted by Crippen LogP contribution is 2.32. The molecule has 25 heavy (non-hydrogen) atoms. The van der Waals surface area contributed by atoms with Crippen LogP contribution in [0.2, 0.25) is 5.02 Å². The lowest BCUT2D eigenvalue weighted by Crippen LogP contribution is -2.05. The fourth-order valence-electron chi connectivity index (χ4n) is 2.79. The van der Waals surface area contributed by atoms with Crippen molar-refractivity contribution in [3.63, 3.8) is 0 Å². The SMILES string of the molecule is Fc1cc(F)c(CNc2ccc3oc4ccc(Cl)cc4c3c2)c(F)c1.